The highest BCUT2D eigenvalue weighted by atomic mass is 19.3. The molecule has 1 saturated heterocycles. The van der Waals surface area contributed by atoms with Crippen molar-refractivity contribution in [3.8, 4) is 0 Å². The zero-order chi connectivity index (χ0) is 20.1. The van der Waals surface area contributed by atoms with Gasteiger partial charge in [0.1, 0.15) is 12.4 Å². The van der Waals surface area contributed by atoms with E-state index in [-0.39, 0.29) is 26.0 Å². The number of ether oxygens (including phenoxy) is 1. The summed E-state index contributed by atoms with van der Waals surface area (Å²) in [6.45, 7) is 1.27. The Morgan fingerprint density at radius 2 is 2.00 bits per heavy atom. The van der Waals surface area contributed by atoms with Gasteiger partial charge in [-0.25, -0.2) is 18.0 Å². The van der Waals surface area contributed by atoms with Crippen molar-refractivity contribution in [2.45, 2.75) is 38.7 Å². The summed E-state index contributed by atoms with van der Waals surface area (Å²) in [5.41, 5.74) is 2.06. The Morgan fingerprint density at radius 1 is 1.25 bits per heavy atom. The Labute approximate surface area is 161 Å². The Hall–Kier alpha value is -2.64. The van der Waals surface area contributed by atoms with Crippen molar-refractivity contribution in [1.82, 2.24) is 14.9 Å². The average molecular weight is 393 g/mol. The van der Waals surface area contributed by atoms with Gasteiger partial charge < -0.3 is 9.64 Å². The Kier molecular flexibility index (Phi) is 6.16. The molecule has 0 aliphatic carbocycles. The van der Waals surface area contributed by atoms with Crippen molar-refractivity contribution in [3.05, 3.63) is 59.4 Å². The average Bonchev–Trinajstić information content (AvgIpc) is 2.67. The van der Waals surface area contributed by atoms with Crippen LogP contribution in [0.1, 0.15) is 29.8 Å². The summed E-state index contributed by atoms with van der Waals surface area (Å²) in [6.07, 6.45) is 3.33. The second kappa shape index (κ2) is 8.58. The molecule has 150 valence electrons. The summed E-state index contributed by atoms with van der Waals surface area (Å²) >= 11 is 0. The number of amides is 1. The van der Waals surface area contributed by atoms with Gasteiger partial charge in [-0.15, -0.1) is 0 Å². The van der Waals surface area contributed by atoms with Gasteiger partial charge in [-0.3, -0.25) is 9.97 Å². The lowest BCUT2D eigenvalue weighted by molar-refractivity contribution is -0.108. The van der Waals surface area contributed by atoms with Crippen LogP contribution in [-0.2, 0) is 17.8 Å². The molecule has 5 nitrogen and oxygen atoms in total. The minimum absolute atomic E-state index is 0.0866. The molecule has 0 spiro atoms. The predicted molar refractivity (Wildman–Crippen MR) is 96.3 cm³/mol. The van der Waals surface area contributed by atoms with Gasteiger partial charge in [0.15, 0.2) is 0 Å². The molecule has 8 heteroatoms. The number of carbonyl (C=O) groups excluding carboxylic acids is 1. The number of benzene rings is 1. The van der Waals surface area contributed by atoms with E-state index in [1.807, 2.05) is 6.92 Å². The summed E-state index contributed by atoms with van der Waals surface area (Å²) in [4.78, 5) is 21.5. The summed E-state index contributed by atoms with van der Waals surface area (Å²) in [6, 6.07) is 5.47. The zero-order valence-electron chi connectivity index (χ0n) is 15.6. The smallest absolute Gasteiger partial charge is 0.410 e. The van der Waals surface area contributed by atoms with Gasteiger partial charge in [0.2, 0.25) is 0 Å². The molecular formula is C20H22F3N3O2. The number of likely N-dealkylation sites (tertiary alicyclic amines) is 1. The molecule has 1 aliphatic heterocycles. The Bertz CT molecular complexity index is 797. The summed E-state index contributed by atoms with van der Waals surface area (Å²) < 4.78 is 47.0. The number of nitrogens with zero attached hydrogens (tertiary/aromatic N) is 3. The standard InChI is InChI=1S/C20H22F3N3O2/c1-14-10-25-18(11-24-14)7-4-16-8-9-26(13-20(16,22)23)19(27)28-12-15-2-5-17(21)6-3-15/h2-3,5-6,10-11,16H,4,7-9,12-13H2,1H3/t16-/m0/s1. The lowest BCUT2D eigenvalue weighted by Gasteiger charge is -2.37. The number of hydrogen-bond donors (Lipinski definition) is 0. The van der Waals surface area contributed by atoms with Crippen LogP contribution in [-0.4, -0.2) is 40.0 Å². The first-order valence-electron chi connectivity index (χ1n) is 9.15. The van der Waals surface area contributed by atoms with Crippen LogP contribution in [0.4, 0.5) is 18.0 Å². The number of rotatable bonds is 5. The number of halogens is 3. The third-order valence-corrected chi connectivity index (χ3v) is 4.86. The van der Waals surface area contributed by atoms with E-state index in [1.54, 1.807) is 12.4 Å². The van der Waals surface area contributed by atoms with Crippen LogP contribution >= 0.6 is 0 Å². The maximum atomic E-state index is 14.5. The van der Waals surface area contributed by atoms with Crippen LogP contribution in [0, 0.1) is 18.7 Å². The molecule has 0 bridgehead atoms. The van der Waals surface area contributed by atoms with Gasteiger partial charge in [-0.2, -0.15) is 0 Å². The van der Waals surface area contributed by atoms with Crippen molar-refractivity contribution in [1.29, 1.82) is 0 Å². The minimum Gasteiger partial charge on any atom is -0.445 e. The van der Waals surface area contributed by atoms with Gasteiger partial charge in [0.25, 0.3) is 5.92 Å². The fourth-order valence-electron chi connectivity index (χ4n) is 3.18. The first kappa shape index (κ1) is 20.1. The lowest BCUT2D eigenvalue weighted by Crippen LogP contribution is -2.50. The monoisotopic (exact) mass is 393 g/mol. The number of carbonyl (C=O) groups is 1. The van der Waals surface area contributed by atoms with Crippen LogP contribution in [0.25, 0.3) is 0 Å². The molecule has 1 amide bonds. The fourth-order valence-corrected chi connectivity index (χ4v) is 3.18. The van der Waals surface area contributed by atoms with Gasteiger partial charge in [-0.1, -0.05) is 12.1 Å². The number of piperidine rings is 1. The maximum Gasteiger partial charge on any atom is 0.410 e. The second-order valence-electron chi connectivity index (χ2n) is 7.04. The highest BCUT2D eigenvalue weighted by Crippen LogP contribution is 2.36. The normalized spacial score (nSPS) is 18.7. The van der Waals surface area contributed by atoms with E-state index in [4.69, 9.17) is 4.74 Å². The van der Waals surface area contributed by atoms with Crippen LogP contribution < -0.4 is 0 Å². The van der Waals surface area contributed by atoms with Crippen molar-refractivity contribution in [3.63, 3.8) is 0 Å². The molecule has 1 aromatic heterocycles. The number of alkyl halides is 2. The highest BCUT2D eigenvalue weighted by Gasteiger charge is 2.45. The molecule has 0 radical (unpaired) electrons. The van der Waals surface area contributed by atoms with Crippen molar-refractivity contribution < 1.29 is 22.7 Å². The topological polar surface area (TPSA) is 55.3 Å². The van der Waals surface area contributed by atoms with Crippen molar-refractivity contribution in [2.75, 3.05) is 13.1 Å². The van der Waals surface area contributed by atoms with E-state index in [2.05, 4.69) is 9.97 Å². The van der Waals surface area contributed by atoms with E-state index in [9.17, 15) is 18.0 Å². The van der Waals surface area contributed by atoms with Gasteiger partial charge in [0, 0.05) is 24.9 Å². The van der Waals surface area contributed by atoms with E-state index in [1.165, 1.54) is 24.3 Å². The second-order valence-corrected chi connectivity index (χ2v) is 7.04. The van der Waals surface area contributed by atoms with Crippen LogP contribution in [0.2, 0.25) is 0 Å². The number of aryl methyl sites for hydroxylation is 2. The molecule has 2 aromatic rings. The quantitative estimate of drug-likeness (QED) is 0.766. The molecule has 0 unspecified atom stereocenters. The number of aromatic nitrogens is 2. The van der Waals surface area contributed by atoms with E-state index >= 15 is 0 Å². The van der Waals surface area contributed by atoms with Gasteiger partial charge in [0.05, 0.1) is 17.9 Å². The van der Waals surface area contributed by atoms with Crippen molar-refractivity contribution >= 4 is 6.09 Å². The molecule has 28 heavy (non-hydrogen) atoms. The van der Waals surface area contributed by atoms with Gasteiger partial charge >= 0.3 is 6.09 Å². The van der Waals surface area contributed by atoms with Gasteiger partial charge in [-0.05, 0) is 43.9 Å². The lowest BCUT2D eigenvalue weighted by atomic mass is 9.88. The van der Waals surface area contributed by atoms with E-state index in [0.29, 0.717) is 17.7 Å². The molecule has 1 atom stereocenters. The molecule has 1 aliphatic rings. The summed E-state index contributed by atoms with van der Waals surface area (Å²) in [5.74, 6) is -4.21. The molecule has 0 N–H and O–H groups in total. The third kappa shape index (κ3) is 5.21. The highest BCUT2D eigenvalue weighted by molar-refractivity contribution is 5.67. The zero-order valence-corrected chi connectivity index (χ0v) is 15.6. The van der Waals surface area contributed by atoms with Crippen molar-refractivity contribution in [2.24, 2.45) is 5.92 Å². The molecule has 0 saturated carbocycles. The molecular weight excluding hydrogens is 371 g/mol. The van der Waals surface area contributed by atoms with E-state index < -0.39 is 30.3 Å². The van der Waals surface area contributed by atoms with Crippen LogP contribution in [0.3, 0.4) is 0 Å². The predicted octanol–water partition coefficient (Wildman–Crippen LogP) is 4.15. The van der Waals surface area contributed by atoms with Crippen LogP contribution in [0.5, 0.6) is 0 Å². The van der Waals surface area contributed by atoms with E-state index in [0.717, 1.165) is 10.6 Å². The SMILES string of the molecule is Cc1cnc(CC[C@H]2CCN(C(=O)OCc3ccc(F)cc3)CC2(F)F)cn1. The first-order chi connectivity index (χ1) is 13.3. The molecule has 3 rings (SSSR count). The summed E-state index contributed by atoms with van der Waals surface area (Å²) in [5, 5.41) is 0. The first-order valence-corrected chi connectivity index (χ1v) is 9.15. The van der Waals surface area contributed by atoms with Crippen LogP contribution in [0.15, 0.2) is 36.7 Å². The fraction of sp³-hybridized carbons (Fsp3) is 0.450. The number of hydrogen-bond acceptors (Lipinski definition) is 4. The maximum absolute atomic E-state index is 14.5. The molecule has 2 heterocycles. The largest absolute Gasteiger partial charge is 0.445 e. The summed E-state index contributed by atoms with van der Waals surface area (Å²) in [7, 11) is 0. The minimum atomic E-state index is -2.99. The molecule has 1 aromatic carbocycles. The Balaban J connectivity index is 1.49. The third-order valence-electron chi connectivity index (χ3n) is 4.86. The molecule has 1 fully saturated rings. The Morgan fingerprint density at radius 3 is 2.64 bits per heavy atom.